The first-order valence-corrected chi connectivity index (χ1v) is 5.84. The maximum absolute atomic E-state index is 5.34. The van der Waals surface area contributed by atoms with Crippen LogP contribution in [0.3, 0.4) is 0 Å². The van der Waals surface area contributed by atoms with Crippen LogP contribution in [0.2, 0.25) is 0 Å². The lowest BCUT2D eigenvalue weighted by Gasteiger charge is -2.11. The van der Waals surface area contributed by atoms with E-state index in [0.29, 0.717) is 0 Å². The van der Waals surface area contributed by atoms with Crippen molar-refractivity contribution in [2.75, 3.05) is 5.32 Å². The van der Waals surface area contributed by atoms with Crippen LogP contribution in [-0.4, -0.2) is 9.97 Å². The zero-order chi connectivity index (χ0) is 12.4. The van der Waals surface area contributed by atoms with Gasteiger partial charge in [-0.3, -0.25) is 4.98 Å². The van der Waals surface area contributed by atoms with E-state index in [0.717, 1.165) is 22.6 Å². The Morgan fingerprint density at radius 3 is 2.72 bits per heavy atom. The number of aromatic nitrogens is 2. The molecule has 0 aliphatic heterocycles. The number of benzene rings is 1. The molecule has 3 rings (SSSR count). The third-order valence-corrected chi connectivity index (χ3v) is 2.78. The third kappa shape index (κ3) is 2.05. The average molecular weight is 239 g/mol. The highest BCUT2D eigenvalue weighted by Gasteiger charge is 2.09. The van der Waals surface area contributed by atoms with E-state index in [4.69, 9.17) is 4.42 Å². The lowest BCUT2D eigenvalue weighted by molar-refractivity contribution is 0.490. The highest BCUT2D eigenvalue weighted by atomic mass is 16.3. The molecule has 0 bridgehead atoms. The van der Waals surface area contributed by atoms with Gasteiger partial charge in [-0.2, -0.15) is 0 Å². The summed E-state index contributed by atoms with van der Waals surface area (Å²) in [6, 6.07) is 11.7. The van der Waals surface area contributed by atoms with E-state index in [1.54, 1.807) is 12.5 Å². The highest BCUT2D eigenvalue weighted by Crippen LogP contribution is 2.19. The monoisotopic (exact) mass is 239 g/mol. The van der Waals surface area contributed by atoms with Crippen LogP contribution in [0.5, 0.6) is 0 Å². The molecule has 0 saturated heterocycles. The second-order valence-electron chi connectivity index (χ2n) is 4.13. The Kier molecular flexibility index (Phi) is 2.68. The van der Waals surface area contributed by atoms with E-state index in [2.05, 4.69) is 15.3 Å². The molecule has 0 aliphatic carbocycles. The zero-order valence-electron chi connectivity index (χ0n) is 10.00. The Hall–Kier alpha value is -2.36. The van der Waals surface area contributed by atoms with E-state index >= 15 is 0 Å². The molecule has 4 nitrogen and oxygen atoms in total. The van der Waals surface area contributed by atoms with E-state index in [9.17, 15) is 0 Å². The Morgan fingerprint density at radius 1 is 1.11 bits per heavy atom. The van der Waals surface area contributed by atoms with Gasteiger partial charge in [0.1, 0.15) is 11.6 Å². The van der Waals surface area contributed by atoms with Crippen molar-refractivity contribution < 1.29 is 4.42 Å². The van der Waals surface area contributed by atoms with Crippen LogP contribution in [0.1, 0.15) is 18.7 Å². The van der Waals surface area contributed by atoms with Crippen LogP contribution in [0.25, 0.3) is 11.0 Å². The fraction of sp³-hybridized carbons (Fsp3) is 0.143. The van der Waals surface area contributed by atoms with Gasteiger partial charge in [-0.1, -0.05) is 12.1 Å². The lowest BCUT2D eigenvalue weighted by atomic mass is 10.2. The molecule has 2 aromatic heterocycles. The number of furan rings is 1. The zero-order valence-corrected chi connectivity index (χ0v) is 10.00. The molecule has 1 atom stereocenters. The van der Waals surface area contributed by atoms with Crippen LogP contribution in [0.15, 0.2) is 53.3 Å². The number of fused-ring (bicyclic) bond motifs is 1. The Labute approximate surface area is 105 Å². The van der Waals surface area contributed by atoms with E-state index < -0.39 is 0 Å². The molecule has 0 saturated carbocycles. The summed E-state index contributed by atoms with van der Waals surface area (Å²) in [5.74, 6) is 1.63. The molecule has 4 heteroatoms. The van der Waals surface area contributed by atoms with E-state index in [1.165, 1.54) is 0 Å². The summed E-state index contributed by atoms with van der Waals surface area (Å²) < 4.78 is 5.34. The second kappa shape index (κ2) is 4.49. The second-order valence-corrected chi connectivity index (χ2v) is 4.13. The van der Waals surface area contributed by atoms with Crippen molar-refractivity contribution in [2.45, 2.75) is 13.0 Å². The minimum absolute atomic E-state index is 0.0652. The Bertz CT molecular complexity index is 649. The van der Waals surface area contributed by atoms with Crippen molar-refractivity contribution in [3.63, 3.8) is 0 Å². The quantitative estimate of drug-likeness (QED) is 0.761. The minimum atomic E-state index is 0.0652. The van der Waals surface area contributed by atoms with Gasteiger partial charge in [-0.05, 0) is 31.2 Å². The molecule has 90 valence electrons. The number of para-hydroxylation sites is 2. The number of rotatable bonds is 3. The Balaban J connectivity index is 1.86. The van der Waals surface area contributed by atoms with Gasteiger partial charge in [0.15, 0.2) is 0 Å². The van der Waals surface area contributed by atoms with Gasteiger partial charge in [0.25, 0.3) is 0 Å². The summed E-state index contributed by atoms with van der Waals surface area (Å²) in [7, 11) is 0. The van der Waals surface area contributed by atoms with Crippen LogP contribution in [0, 0.1) is 0 Å². The van der Waals surface area contributed by atoms with Gasteiger partial charge in [0.05, 0.1) is 29.5 Å². The summed E-state index contributed by atoms with van der Waals surface area (Å²) in [5, 5.41) is 3.27. The molecule has 18 heavy (non-hydrogen) atoms. The molecule has 0 amide bonds. The summed E-state index contributed by atoms with van der Waals surface area (Å²) in [6.07, 6.45) is 3.40. The number of anilines is 1. The molecule has 0 aliphatic rings. The molecule has 2 heterocycles. The topological polar surface area (TPSA) is 51.0 Å². The predicted molar refractivity (Wildman–Crippen MR) is 70.3 cm³/mol. The third-order valence-electron chi connectivity index (χ3n) is 2.78. The normalized spacial score (nSPS) is 12.5. The summed E-state index contributed by atoms with van der Waals surface area (Å²) in [4.78, 5) is 8.87. The van der Waals surface area contributed by atoms with Crippen molar-refractivity contribution in [3.05, 3.63) is 54.6 Å². The van der Waals surface area contributed by atoms with Crippen molar-refractivity contribution in [3.8, 4) is 0 Å². The molecule has 1 N–H and O–H groups in total. The molecular weight excluding hydrogens is 226 g/mol. The summed E-state index contributed by atoms with van der Waals surface area (Å²) in [5.41, 5.74) is 1.78. The van der Waals surface area contributed by atoms with Crippen molar-refractivity contribution in [1.82, 2.24) is 9.97 Å². The van der Waals surface area contributed by atoms with Crippen LogP contribution in [-0.2, 0) is 0 Å². The molecule has 0 spiro atoms. The van der Waals surface area contributed by atoms with E-state index in [1.807, 2.05) is 43.3 Å². The number of nitrogens with one attached hydrogen (secondary N) is 1. The maximum Gasteiger partial charge on any atom is 0.145 e. The van der Waals surface area contributed by atoms with Crippen molar-refractivity contribution in [2.24, 2.45) is 0 Å². The minimum Gasteiger partial charge on any atom is -0.467 e. The summed E-state index contributed by atoms with van der Waals surface area (Å²) in [6.45, 7) is 2.02. The molecule has 3 aromatic rings. The van der Waals surface area contributed by atoms with Gasteiger partial charge >= 0.3 is 0 Å². The largest absolute Gasteiger partial charge is 0.467 e. The van der Waals surface area contributed by atoms with Gasteiger partial charge in [-0.15, -0.1) is 0 Å². The lowest BCUT2D eigenvalue weighted by Crippen LogP contribution is -2.07. The van der Waals surface area contributed by atoms with Crippen LogP contribution < -0.4 is 5.32 Å². The summed E-state index contributed by atoms with van der Waals surface area (Å²) >= 11 is 0. The molecule has 0 radical (unpaired) electrons. The first kappa shape index (κ1) is 10.8. The molecule has 1 unspecified atom stereocenters. The molecular formula is C14H13N3O. The van der Waals surface area contributed by atoms with Gasteiger partial charge < -0.3 is 9.73 Å². The van der Waals surface area contributed by atoms with Crippen LogP contribution in [0.4, 0.5) is 5.82 Å². The van der Waals surface area contributed by atoms with Gasteiger partial charge in [0, 0.05) is 0 Å². The van der Waals surface area contributed by atoms with Crippen molar-refractivity contribution in [1.29, 1.82) is 0 Å². The standard InChI is InChI=1S/C14H13N3O/c1-10(13-7-4-8-18-13)16-14-9-15-11-5-2-3-6-12(11)17-14/h2-10H,1H3,(H,16,17). The fourth-order valence-corrected chi connectivity index (χ4v) is 1.86. The maximum atomic E-state index is 5.34. The fourth-order valence-electron chi connectivity index (χ4n) is 1.86. The SMILES string of the molecule is CC(Nc1cnc2ccccc2n1)c1ccco1. The first-order valence-electron chi connectivity index (χ1n) is 5.84. The number of hydrogen-bond acceptors (Lipinski definition) is 4. The first-order chi connectivity index (χ1) is 8.83. The van der Waals surface area contributed by atoms with Gasteiger partial charge in [0.2, 0.25) is 0 Å². The number of nitrogens with zero attached hydrogens (tertiary/aromatic N) is 2. The van der Waals surface area contributed by atoms with Crippen LogP contribution >= 0.6 is 0 Å². The Morgan fingerprint density at radius 2 is 1.94 bits per heavy atom. The van der Waals surface area contributed by atoms with E-state index in [-0.39, 0.29) is 6.04 Å². The predicted octanol–water partition coefficient (Wildman–Crippen LogP) is 3.40. The number of hydrogen-bond donors (Lipinski definition) is 1. The highest BCUT2D eigenvalue weighted by molar-refractivity contribution is 5.75. The average Bonchev–Trinajstić information content (AvgIpc) is 2.92. The smallest absolute Gasteiger partial charge is 0.145 e. The molecule has 1 aromatic carbocycles. The van der Waals surface area contributed by atoms with Gasteiger partial charge in [-0.25, -0.2) is 4.98 Å². The molecule has 0 fully saturated rings. The van der Waals surface area contributed by atoms with Crippen molar-refractivity contribution >= 4 is 16.9 Å².